The molecule has 4 heteroatoms. The average molecular weight is 335 g/mol. The quantitative estimate of drug-likeness (QED) is 0.750. The van der Waals surface area contributed by atoms with Crippen molar-refractivity contribution >= 4 is 23.3 Å². The van der Waals surface area contributed by atoms with Crippen molar-refractivity contribution in [3.8, 4) is 0 Å². The third-order valence-electron chi connectivity index (χ3n) is 4.42. The van der Waals surface area contributed by atoms with Gasteiger partial charge in [0.2, 0.25) is 0 Å². The molecule has 2 aromatic carbocycles. The SMILES string of the molecule is O=c1[nH]cnc2c1C(c1ccccc1)CC(c1ccc(Cl)cc1)=C2. The molecule has 3 aromatic rings. The van der Waals surface area contributed by atoms with Crippen molar-refractivity contribution < 1.29 is 0 Å². The zero-order valence-corrected chi connectivity index (χ0v) is 13.6. The molecule has 1 aromatic heterocycles. The Kier molecular flexibility index (Phi) is 3.79. The highest BCUT2D eigenvalue weighted by Crippen LogP contribution is 2.39. The van der Waals surface area contributed by atoms with Crippen LogP contribution in [0, 0.1) is 0 Å². The molecule has 0 fully saturated rings. The highest BCUT2D eigenvalue weighted by molar-refractivity contribution is 6.30. The van der Waals surface area contributed by atoms with Crippen LogP contribution in [0.1, 0.15) is 34.7 Å². The molecule has 1 heterocycles. The van der Waals surface area contributed by atoms with E-state index in [0.29, 0.717) is 5.02 Å². The summed E-state index contributed by atoms with van der Waals surface area (Å²) in [4.78, 5) is 19.5. The van der Waals surface area contributed by atoms with Crippen LogP contribution in [0.25, 0.3) is 11.6 Å². The largest absolute Gasteiger partial charge is 0.313 e. The van der Waals surface area contributed by atoms with Crippen molar-refractivity contribution in [3.05, 3.63) is 98.7 Å². The lowest BCUT2D eigenvalue weighted by Gasteiger charge is -2.25. The molecule has 1 aliphatic rings. The van der Waals surface area contributed by atoms with Crippen molar-refractivity contribution in [2.45, 2.75) is 12.3 Å². The Morgan fingerprint density at radius 1 is 1.04 bits per heavy atom. The summed E-state index contributed by atoms with van der Waals surface area (Å²) in [6.45, 7) is 0. The predicted octanol–water partition coefficient (Wildman–Crippen LogP) is 4.50. The van der Waals surface area contributed by atoms with Crippen LogP contribution >= 0.6 is 11.6 Å². The molecule has 0 saturated carbocycles. The Bertz CT molecular complexity index is 959. The van der Waals surface area contributed by atoms with E-state index in [0.717, 1.165) is 34.4 Å². The summed E-state index contributed by atoms with van der Waals surface area (Å²) in [5.41, 5.74) is 4.79. The highest BCUT2D eigenvalue weighted by Gasteiger charge is 2.27. The van der Waals surface area contributed by atoms with E-state index in [1.165, 1.54) is 6.33 Å². The molecule has 0 amide bonds. The summed E-state index contributed by atoms with van der Waals surface area (Å²) in [5.74, 6) is -0.00525. The number of hydrogen-bond acceptors (Lipinski definition) is 2. The average Bonchev–Trinajstić information content (AvgIpc) is 2.62. The van der Waals surface area contributed by atoms with Gasteiger partial charge in [0.1, 0.15) is 0 Å². The minimum atomic E-state index is -0.0692. The van der Waals surface area contributed by atoms with Crippen LogP contribution in [-0.4, -0.2) is 9.97 Å². The van der Waals surface area contributed by atoms with Crippen LogP contribution in [-0.2, 0) is 0 Å². The lowest BCUT2D eigenvalue weighted by molar-refractivity contribution is 0.798. The predicted molar refractivity (Wildman–Crippen MR) is 97.1 cm³/mol. The molecule has 1 N–H and O–H groups in total. The molecule has 24 heavy (non-hydrogen) atoms. The smallest absolute Gasteiger partial charge is 0.255 e. The number of nitrogens with zero attached hydrogens (tertiary/aromatic N) is 1. The third kappa shape index (κ3) is 2.68. The number of aromatic nitrogens is 2. The number of rotatable bonds is 2. The van der Waals surface area contributed by atoms with Crippen molar-refractivity contribution in [1.29, 1.82) is 0 Å². The Hall–Kier alpha value is -2.65. The molecular formula is C20H15ClN2O. The number of nitrogens with one attached hydrogen (secondary N) is 1. The first-order valence-corrected chi connectivity index (χ1v) is 8.19. The van der Waals surface area contributed by atoms with E-state index in [-0.39, 0.29) is 11.5 Å². The fourth-order valence-electron chi connectivity index (χ4n) is 3.26. The van der Waals surface area contributed by atoms with Gasteiger partial charge in [-0.15, -0.1) is 0 Å². The number of hydrogen-bond donors (Lipinski definition) is 1. The summed E-state index contributed by atoms with van der Waals surface area (Å²) in [6.07, 6.45) is 4.23. The van der Waals surface area contributed by atoms with Gasteiger partial charge in [0, 0.05) is 10.9 Å². The van der Waals surface area contributed by atoms with Crippen molar-refractivity contribution in [2.24, 2.45) is 0 Å². The van der Waals surface area contributed by atoms with Crippen LogP contribution in [0.15, 0.2) is 65.7 Å². The second-order valence-corrected chi connectivity index (χ2v) is 6.31. The van der Waals surface area contributed by atoms with Gasteiger partial charge in [-0.2, -0.15) is 0 Å². The molecular weight excluding hydrogens is 320 g/mol. The second-order valence-electron chi connectivity index (χ2n) is 5.87. The molecule has 0 bridgehead atoms. The van der Waals surface area contributed by atoms with Gasteiger partial charge in [-0.1, -0.05) is 54.1 Å². The Labute approximate surface area is 144 Å². The summed E-state index contributed by atoms with van der Waals surface area (Å²) in [5, 5.41) is 0.713. The van der Waals surface area contributed by atoms with Crippen LogP contribution in [0.4, 0.5) is 0 Å². The molecule has 1 aliphatic carbocycles. The summed E-state index contributed by atoms with van der Waals surface area (Å²) in [7, 11) is 0. The first kappa shape index (κ1) is 14.9. The number of benzene rings is 2. The number of H-pyrrole nitrogens is 1. The van der Waals surface area contributed by atoms with Gasteiger partial charge in [0.05, 0.1) is 17.6 Å². The first-order chi connectivity index (χ1) is 11.7. The van der Waals surface area contributed by atoms with Gasteiger partial charge in [-0.05, 0) is 41.3 Å². The lowest BCUT2D eigenvalue weighted by atomic mass is 9.79. The first-order valence-electron chi connectivity index (χ1n) is 7.81. The summed E-state index contributed by atoms with van der Waals surface area (Å²) >= 11 is 6.00. The number of allylic oxidation sites excluding steroid dienone is 1. The number of fused-ring (bicyclic) bond motifs is 1. The second kappa shape index (κ2) is 6.10. The van der Waals surface area contributed by atoms with E-state index in [1.54, 1.807) is 0 Å². The number of aromatic amines is 1. The van der Waals surface area contributed by atoms with Crippen molar-refractivity contribution in [1.82, 2.24) is 9.97 Å². The zero-order chi connectivity index (χ0) is 16.5. The fourth-order valence-corrected chi connectivity index (χ4v) is 3.38. The maximum Gasteiger partial charge on any atom is 0.255 e. The Morgan fingerprint density at radius 2 is 1.79 bits per heavy atom. The molecule has 118 valence electrons. The molecule has 0 radical (unpaired) electrons. The van der Waals surface area contributed by atoms with Crippen LogP contribution in [0.2, 0.25) is 5.02 Å². The van der Waals surface area contributed by atoms with Crippen LogP contribution in [0.3, 0.4) is 0 Å². The van der Waals surface area contributed by atoms with Crippen LogP contribution < -0.4 is 5.56 Å². The lowest BCUT2D eigenvalue weighted by Crippen LogP contribution is -2.22. The normalized spacial score (nSPS) is 16.4. The summed E-state index contributed by atoms with van der Waals surface area (Å²) < 4.78 is 0. The van der Waals surface area contributed by atoms with E-state index >= 15 is 0 Å². The van der Waals surface area contributed by atoms with E-state index in [4.69, 9.17) is 11.6 Å². The number of halogens is 1. The molecule has 4 rings (SSSR count). The standard InChI is InChI=1S/C20H15ClN2O/c21-16-8-6-13(7-9-16)15-10-17(14-4-2-1-3-5-14)19-18(11-15)22-12-23-20(19)24/h1-9,11-12,17H,10H2,(H,22,23,24). The minimum absolute atomic E-state index is 0.00525. The van der Waals surface area contributed by atoms with E-state index in [1.807, 2.05) is 48.5 Å². The van der Waals surface area contributed by atoms with Gasteiger partial charge in [-0.3, -0.25) is 4.79 Å². The zero-order valence-electron chi connectivity index (χ0n) is 12.9. The third-order valence-corrected chi connectivity index (χ3v) is 4.67. The van der Waals surface area contributed by atoms with Gasteiger partial charge in [0.25, 0.3) is 5.56 Å². The van der Waals surface area contributed by atoms with E-state index in [9.17, 15) is 4.79 Å². The molecule has 1 atom stereocenters. The summed E-state index contributed by atoms with van der Waals surface area (Å²) in [6, 6.07) is 17.9. The maximum atomic E-state index is 12.4. The molecule has 0 saturated heterocycles. The van der Waals surface area contributed by atoms with Crippen molar-refractivity contribution in [2.75, 3.05) is 0 Å². The van der Waals surface area contributed by atoms with E-state index < -0.39 is 0 Å². The Balaban J connectivity index is 1.87. The van der Waals surface area contributed by atoms with Gasteiger partial charge in [-0.25, -0.2) is 4.98 Å². The molecule has 0 spiro atoms. The van der Waals surface area contributed by atoms with Gasteiger partial charge in [0.15, 0.2) is 0 Å². The topological polar surface area (TPSA) is 45.8 Å². The highest BCUT2D eigenvalue weighted by atomic mass is 35.5. The van der Waals surface area contributed by atoms with Gasteiger partial charge < -0.3 is 4.98 Å². The van der Waals surface area contributed by atoms with E-state index in [2.05, 4.69) is 22.1 Å². The molecule has 0 aliphatic heterocycles. The monoisotopic (exact) mass is 334 g/mol. The van der Waals surface area contributed by atoms with Gasteiger partial charge >= 0.3 is 0 Å². The van der Waals surface area contributed by atoms with Crippen LogP contribution in [0.5, 0.6) is 0 Å². The molecule has 3 nitrogen and oxygen atoms in total. The fraction of sp³-hybridized carbons (Fsp3) is 0.100. The minimum Gasteiger partial charge on any atom is -0.313 e. The maximum absolute atomic E-state index is 12.4. The van der Waals surface area contributed by atoms with Crippen molar-refractivity contribution in [3.63, 3.8) is 0 Å². The Morgan fingerprint density at radius 3 is 2.54 bits per heavy atom. The molecule has 1 unspecified atom stereocenters.